The molecule has 0 bridgehead atoms. The van der Waals surface area contributed by atoms with Crippen LogP contribution >= 0.6 is 11.6 Å². The van der Waals surface area contributed by atoms with Crippen LogP contribution in [0.4, 0.5) is 10.5 Å². The molecular weight excluding hydrogens is 306 g/mol. The maximum absolute atomic E-state index is 12.2. The third kappa shape index (κ3) is 4.63. The average Bonchev–Trinajstić information content (AvgIpc) is 2.54. The molecule has 0 heterocycles. The predicted octanol–water partition coefficient (Wildman–Crippen LogP) is 3.51. The maximum atomic E-state index is 12.2. The molecule has 5 nitrogen and oxygen atoms in total. The van der Waals surface area contributed by atoms with Gasteiger partial charge in [-0.1, -0.05) is 32.0 Å². The number of hydrogen-bond donors (Lipinski definition) is 0. The summed E-state index contributed by atoms with van der Waals surface area (Å²) in [6.45, 7) is 5.70. The highest BCUT2D eigenvalue weighted by Gasteiger charge is 2.22. The molecule has 1 aromatic rings. The molecule has 122 valence electrons. The molecular formula is C16H22ClNO4. The molecule has 0 aliphatic rings. The molecule has 0 radical (unpaired) electrons. The van der Waals surface area contributed by atoms with Gasteiger partial charge in [-0.2, -0.15) is 0 Å². The minimum atomic E-state index is -0.804. The van der Waals surface area contributed by atoms with Gasteiger partial charge in [0.2, 0.25) is 5.91 Å². The van der Waals surface area contributed by atoms with E-state index in [0.717, 1.165) is 29.7 Å². The van der Waals surface area contributed by atoms with Crippen molar-refractivity contribution in [3.63, 3.8) is 0 Å². The smallest absolute Gasteiger partial charge is 0.435 e. The Kier molecular flexibility index (Phi) is 7.74. The van der Waals surface area contributed by atoms with E-state index < -0.39 is 6.16 Å². The Labute approximate surface area is 136 Å². The van der Waals surface area contributed by atoms with E-state index >= 15 is 0 Å². The number of nitrogens with zero attached hydrogens (tertiary/aromatic N) is 1. The summed E-state index contributed by atoms with van der Waals surface area (Å²) in [6.07, 6.45) is 0.713. The zero-order valence-corrected chi connectivity index (χ0v) is 14.0. The number of alkyl halides is 1. The Bertz CT molecular complexity index is 497. The third-order valence-electron chi connectivity index (χ3n) is 3.22. The molecule has 1 aromatic carbocycles. The van der Waals surface area contributed by atoms with E-state index in [9.17, 15) is 9.59 Å². The lowest BCUT2D eigenvalue weighted by Crippen LogP contribution is -2.36. The third-order valence-corrected chi connectivity index (χ3v) is 3.45. The number of ether oxygens (including phenoxy) is 2. The number of halogens is 1. The van der Waals surface area contributed by atoms with Crippen LogP contribution in [-0.2, 0) is 27.1 Å². The lowest BCUT2D eigenvalue weighted by Gasteiger charge is -2.26. The SMILES string of the molecule is CCOC(=O)OCN(C(=O)CCl)c1c(CC)cccc1CC. The Hall–Kier alpha value is -1.75. The van der Waals surface area contributed by atoms with E-state index in [0.29, 0.717) is 0 Å². The van der Waals surface area contributed by atoms with Gasteiger partial charge in [0.1, 0.15) is 5.88 Å². The lowest BCUT2D eigenvalue weighted by atomic mass is 10.0. The molecule has 0 aliphatic heterocycles. The number of amides is 1. The van der Waals surface area contributed by atoms with Crippen LogP contribution in [0.25, 0.3) is 0 Å². The second kappa shape index (κ2) is 9.30. The van der Waals surface area contributed by atoms with Gasteiger partial charge in [0.25, 0.3) is 0 Å². The number of rotatable bonds is 7. The summed E-state index contributed by atoms with van der Waals surface area (Å²) in [5.74, 6) is -0.505. The van der Waals surface area contributed by atoms with Crippen molar-refractivity contribution in [2.45, 2.75) is 33.6 Å². The first-order chi connectivity index (χ1) is 10.6. The topological polar surface area (TPSA) is 55.8 Å². The van der Waals surface area contributed by atoms with E-state index in [2.05, 4.69) is 0 Å². The second-order valence-electron chi connectivity index (χ2n) is 4.54. The van der Waals surface area contributed by atoms with Crippen molar-refractivity contribution >= 4 is 29.4 Å². The highest BCUT2D eigenvalue weighted by atomic mass is 35.5. The highest BCUT2D eigenvalue weighted by molar-refractivity contribution is 6.29. The van der Waals surface area contributed by atoms with Gasteiger partial charge >= 0.3 is 6.16 Å². The fourth-order valence-corrected chi connectivity index (χ4v) is 2.32. The molecule has 0 saturated heterocycles. The molecule has 0 aromatic heterocycles. The number of benzene rings is 1. The van der Waals surface area contributed by atoms with Gasteiger partial charge in [-0.15, -0.1) is 11.6 Å². The summed E-state index contributed by atoms with van der Waals surface area (Å²) in [5.41, 5.74) is 2.78. The Morgan fingerprint density at radius 3 is 2.14 bits per heavy atom. The number of carbonyl (C=O) groups excluding carboxylic acids is 2. The summed E-state index contributed by atoms with van der Waals surface area (Å²) in [6, 6.07) is 5.86. The van der Waals surface area contributed by atoms with Gasteiger partial charge in [0.05, 0.1) is 12.3 Å². The zero-order valence-electron chi connectivity index (χ0n) is 13.2. The van der Waals surface area contributed by atoms with Crippen LogP contribution in [0.15, 0.2) is 18.2 Å². The van der Waals surface area contributed by atoms with Gasteiger partial charge in [-0.3, -0.25) is 9.69 Å². The summed E-state index contributed by atoms with van der Waals surface area (Å²) in [4.78, 5) is 25.0. The number of aryl methyl sites for hydroxylation is 2. The Morgan fingerprint density at radius 1 is 1.09 bits per heavy atom. The largest absolute Gasteiger partial charge is 0.510 e. The van der Waals surface area contributed by atoms with Crippen LogP contribution in [-0.4, -0.2) is 31.3 Å². The Morgan fingerprint density at radius 2 is 1.68 bits per heavy atom. The normalized spacial score (nSPS) is 10.2. The minimum Gasteiger partial charge on any atom is -0.435 e. The summed E-state index contributed by atoms with van der Waals surface area (Å²) in [7, 11) is 0. The molecule has 22 heavy (non-hydrogen) atoms. The first-order valence-corrected chi connectivity index (χ1v) is 7.89. The van der Waals surface area contributed by atoms with Crippen molar-refractivity contribution in [1.29, 1.82) is 0 Å². The first kappa shape index (κ1) is 18.3. The molecule has 6 heteroatoms. The maximum Gasteiger partial charge on any atom is 0.510 e. The molecule has 1 amide bonds. The van der Waals surface area contributed by atoms with Crippen molar-refractivity contribution in [1.82, 2.24) is 0 Å². The first-order valence-electron chi connectivity index (χ1n) is 7.35. The van der Waals surface area contributed by atoms with Crippen molar-refractivity contribution < 1.29 is 19.1 Å². The fraction of sp³-hybridized carbons (Fsp3) is 0.500. The molecule has 0 N–H and O–H groups in total. The quantitative estimate of drug-likeness (QED) is 0.437. The lowest BCUT2D eigenvalue weighted by molar-refractivity contribution is -0.117. The number of anilines is 1. The predicted molar refractivity (Wildman–Crippen MR) is 86.4 cm³/mol. The molecule has 0 fully saturated rings. The molecule has 1 rings (SSSR count). The molecule has 0 unspecified atom stereocenters. The van der Waals surface area contributed by atoms with Gasteiger partial charge in [0, 0.05) is 0 Å². The summed E-state index contributed by atoms with van der Waals surface area (Å²) < 4.78 is 9.73. The van der Waals surface area contributed by atoms with Gasteiger partial charge in [-0.25, -0.2) is 4.79 Å². The number of carbonyl (C=O) groups is 2. The van der Waals surface area contributed by atoms with Crippen molar-refractivity contribution in [3.05, 3.63) is 29.3 Å². The monoisotopic (exact) mass is 327 g/mol. The summed E-state index contributed by atoms with van der Waals surface area (Å²) in [5, 5.41) is 0. The molecule has 0 spiro atoms. The minimum absolute atomic E-state index is 0.187. The van der Waals surface area contributed by atoms with Gasteiger partial charge in [-0.05, 0) is 30.9 Å². The van der Waals surface area contributed by atoms with Gasteiger partial charge < -0.3 is 9.47 Å². The van der Waals surface area contributed by atoms with Crippen molar-refractivity contribution in [2.24, 2.45) is 0 Å². The van der Waals surface area contributed by atoms with E-state index in [1.54, 1.807) is 6.92 Å². The Balaban J connectivity index is 3.11. The molecule has 0 saturated carbocycles. The fourth-order valence-electron chi connectivity index (χ4n) is 2.17. The van der Waals surface area contributed by atoms with E-state index in [1.807, 2.05) is 32.0 Å². The van der Waals surface area contributed by atoms with Crippen LogP contribution in [0.2, 0.25) is 0 Å². The van der Waals surface area contributed by atoms with Crippen LogP contribution in [0.5, 0.6) is 0 Å². The van der Waals surface area contributed by atoms with Crippen LogP contribution in [0, 0.1) is 0 Å². The van der Waals surface area contributed by atoms with E-state index in [-0.39, 0.29) is 25.1 Å². The summed E-state index contributed by atoms with van der Waals surface area (Å²) >= 11 is 5.70. The standard InChI is InChI=1S/C16H22ClNO4/c1-4-12-8-7-9-13(5-2)15(12)18(14(19)10-17)11-22-16(20)21-6-3/h7-9H,4-6,10-11H2,1-3H3. The zero-order chi connectivity index (χ0) is 16.5. The number of hydrogen-bond acceptors (Lipinski definition) is 4. The second-order valence-corrected chi connectivity index (χ2v) is 4.81. The van der Waals surface area contributed by atoms with Crippen molar-refractivity contribution in [2.75, 3.05) is 24.1 Å². The average molecular weight is 328 g/mol. The molecule has 0 aliphatic carbocycles. The van der Waals surface area contributed by atoms with E-state index in [1.165, 1.54) is 4.90 Å². The van der Waals surface area contributed by atoms with Crippen LogP contribution < -0.4 is 4.90 Å². The van der Waals surface area contributed by atoms with Crippen LogP contribution in [0.3, 0.4) is 0 Å². The highest BCUT2D eigenvalue weighted by Crippen LogP contribution is 2.27. The number of para-hydroxylation sites is 1. The van der Waals surface area contributed by atoms with Crippen LogP contribution in [0.1, 0.15) is 31.9 Å². The van der Waals surface area contributed by atoms with Crippen molar-refractivity contribution in [3.8, 4) is 0 Å². The van der Waals surface area contributed by atoms with E-state index in [4.69, 9.17) is 21.1 Å². The molecule has 0 atom stereocenters. The van der Waals surface area contributed by atoms with Gasteiger partial charge in [0.15, 0.2) is 6.73 Å².